The highest BCUT2D eigenvalue weighted by Gasteiger charge is 2.31. The molecule has 1 fully saturated rings. The van der Waals surface area contributed by atoms with Gasteiger partial charge in [0.15, 0.2) is 0 Å². The first-order valence-electron chi connectivity index (χ1n) is 9.21. The van der Waals surface area contributed by atoms with Crippen molar-refractivity contribution in [2.75, 3.05) is 0 Å². The lowest BCUT2D eigenvalue weighted by Gasteiger charge is -2.10. The summed E-state index contributed by atoms with van der Waals surface area (Å²) in [5, 5.41) is 8.05. The van der Waals surface area contributed by atoms with E-state index in [4.69, 9.17) is 4.98 Å². The molecule has 27 heavy (non-hydrogen) atoms. The van der Waals surface area contributed by atoms with E-state index in [1.54, 1.807) is 0 Å². The molecule has 5 nitrogen and oxygen atoms in total. The van der Waals surface area contributed by atoms with E-state index >= 15 is 0 Å². The maximum atomic E-state index is 12.4. The molecule has 0 radical (unpaired) electrons. The maximum absolute atomic E-state index is 12.4. The average Bonchev–Trinajstić information content (AvgIpc) is 3.48. The van der Waals surface area contributed by atoms with E-state index in [2.05, 4.69) is 10.4 Å². The Hall–Kier alpha value is -2.60. The number of carbonyl (C=O) groups excluding carboxylic acids is 1. The van der Waals surface area contributed by atoms with E-state index in [0.29, 0.717) is 17.6 Å². The van der Waals surface area contributed by atoms with Gasteiger partial charge in [-0.2, -0.15) is 0 Å². The van der Waals surface area contributed by atoms with Crippen molar-refractivity contribution in [2.45, 2.75) is 42.6 Å². The van der Waals surface area contributed by atoms with Crippen LogP contribution in [0, 0.1) is 0 Å². The van der Waals surface area contributed by atoms with Gasteiger partial charge in [0.1, 0.15) is 5.82 Å². The van der Waals surface area contributed by atoms with Crippen LogP contribution < -0.4 is 5.32 Å². The molecule has 1 aromatic heterocycles. The van der Waals surface area contributed by atoms with E-state index in [0.717, 1.165) is 29.9 Å². The Kier molecular flexibility index (Phi) is 5.25. The minimum atomic E-state index is -0.257. The van der Waals surface area contributed by atoms with Gasteiger partial charge in [0, 0.05) is 12.5 Å². The highest BCUT2D eigenvalue weighted by molar-refractivity contribution is 8.00. The number of carbonyl (C=O) groups is 1. The summed E-state index contributed by atoms with van der Waals surface area (Å²) in [7, 11) is 0. The van der Waals surface area contributed by atoms with Crippen LogP contribution in [0.1, 0.15) is 37.1 Å². The van der Waals surface area contributed by atoms with Crippen LogP contribution in [0.25, 0.3) is 5.69 Å². The molecule has 1 N–H and O–H groups in total. The number of nitrogens with one attached hydrogen (secondary N) is 1. The van der Waals surface area contributed by atoms with Crippen LogP contribution in [0.15, 0.2) is 65.8 Å². The van der Waals surface area contributed by atoms with Crippen molar-refractivity contribution in [3.8, 4) is 5.69 Å². The number of thioether (sulfide) groups is 1. The van der Waals surface area contributed by atoms with Crippen molar-refractivity contribution in [2.24, 2.45) is 0 Å². The Labute approximate surface area is 163 Å². The Morgan fingerprint density at radius 3 is 2.48 bits per heavy atom. The highest BCUT2D eigenvalue weighted by atomic mass is 32.2. The van der Waals surface area contributed by atoms with Crippen LogP contribution in [0.5, 0.6) is 0 Å². The maximum Gasteiger partial charge on any atom is 0.233 e. The molecule has 1 aliphatic rings. The molecule has 1 aliphatic carbocycles. The molecule has 0 saturated heterocycles. The zero-order chi connectivity index (χ0) is 18.6. The lowest BCUT2D eigenvalue weighted by atomic mass is 10.2. The standard InChI is InChI=1S/C21H22N4OS/c1-15(20(26)22-14-16-8-4-2-5-9-16)27-21-23-19(17-12-13-17)25(24-21)18-10-6-3-7-11-18/h2-11,15,17H,12-14H2,1H3,(H,22,26). The van der Waals surface area contributed by atoms with Gasteiger partial charge < -0.3 is 5.32 Å². The van der Waals surface area contributed by atoms with Gasteiger partial charge >= 0.3 is 0 Å². The molecule has 138 valence electrons. The third kappa shape index (κ3) is 4.39. The summed E-state index contributed by atoms with van der Waals surface area (Å²) >= 11 is 1.41. The fraction of sp³-hybridized carbons (Fsp3) is 0.286. The summed E-state index contributed by atoms with van der Waals surface area (Å²) in [4.78, 5) is 17.2. The number of amides is 1. The van der Waals surface area contributed by atoms with Crippen LogP contribution >= 0.6 is 11.8 Å². The van der Waals surface area contributed by atoms with Gasteiger partial charge in [-0.25, -0.2) is 9.67 Å². The second-order valence-electron chi connectivity index (χ2n) is 6.74. The number of aromatic nitrogens is 3. The SMILES string of the molecule is CC(Sc1nc(C2CC2)n(-c2ccccc2)n1)C(=O)NCc1ccccc1. The molecular formula is C21H22N4OS. The average molecular weight is 379 g/mol. The first kappa shape index (κ1) is 17.8. The van der Waals surface area contributed by atoms with Crippen molar-refractivity contribution in [1.82, 2.24) is 20.1 Å². The zero-order valence-corrected chi connectivity index (χ0v) is 16.0. The zero-order valence-electron chi connectivity index (χ0n) is 15.2. The van der Waals surface area contributed by atoms with Gasteiger partial charge in [-0.05, 0) is 37.5 Å². The van der Waals surface area contributed by atoms with Crippen LogP contribution in [0.3, 0.4) is 0 Å². The lowest BCUT2D eigenvalue weighted by Crippen LogP contribution is -2.30. The van der Waals surface area contributed by atoms with Gasteiger partial charge in [-0.15, -0.1) is 5.10 Å². The second kappa shape index (κ2) is 7.96. The smallest absolute Gasteiger partial charge is 0.233 e. The van der Waals surface area contributed by atoms with E-state index in [1.807, 2.05) is 72.3 Å². The van der Waals surface area contributed by atoms with Crippen molar-refractivity contribution < 1.29 is 4.79 Å². The predicted octanol–water partition coefficient (Wildman–Crippen LogP) is 3.94. The Morgan fingerprint density at radius 2 is 1.81 bits per heavy atom. The highest BCUT2D eigenvalue weighted by Crippen LogP contribution is 2.40. The Morgan fingerprint density at radius 1 is 1.15 bits per heavy atom. The van der Waals surface area contributed by atoms with Gasteiger partial charge in [0.25, 0.3) is 0 Å². The molecule has 6 heteroatoms. The van der Waals surface area contributed by atoms with Gasteiger partial charge in [-0.1, -0.05) is 60.3 Å². The van der Waals surface area contributed by atoms with Crippen molar-refractivity contribution in [3.63, 3.8) is 0 Å². The summed E-state index contributed by atoms with van der Waals surface area (Å²) in [6.07, 6.45) is 2.31. The minimum absolute atomic E-state index is 0.00659. The third-order valence-electron chi connectivity index (χ3n) is 4.52. The molecule has 3 aromatic rings. The summed E-state index contributed by atoms with van der Waals surface area (Å²) in [6, 6.07) is 20.0. The molecular weight excluding hydrogens is 356 g/mol. The fourth-order valence-corrected chi connectivity index (χ4v) is 3.64. The molecule has 1 unspecified atom stereocenters. The molecule has 0 spiro atoms. The Balaban J connectivity index is 1.43. The van der Waals surface area contributed by atoms with E-state index in [1.165, 1.54) is 11.8 Å². The van der Waals surface area contributed by atoms with E-state index in [9.17, 15) is 4.79 Å². The molecule has 2 aromatic carbocycles. The predicted molar refractivity (Wildman–Crippen MR) is 107 cm³/mol. The molecule has 1 atom stereocenters. The van der Waals surface area contributed by atoms with Crippen LogP contribution in [-0.2, 0) is 11.3 Å². The number of rotatable bonds is 7. The van der Waals surface area contributed by atoms with E-state index < -0.39 is 0 Å². The number of hydrogen-bond acceptors (Lipinski definition) is 4. The molecule has 0 bridgehead atoms. The number of hydrogen-bond donors (Lipinski definition) is 1. The van der Waals surface area contributed by atoms with Gasteiger partial charge in [0.2, 0.25) is 11.1 Å². The van der Waals surface area contributed by atoms with E-state index in [-0.39, 0.29) is 11.2 Å². The molecule has 1 saturated carbocycles. The fourth-order valence-electron chi connectivity index (χ4n) is 2.86. The first-order valence-corrected chi connectivity index (χ1v) is 10.1. The number of para-hydroxylation sites is 1. The van der Waals surface area contributed by atoms with Crippen LogP contribution in [0.2, 0.25) is 0 Å². The molecule has 4 rings (SSSR count). The first-order chi connectivity index (χ1) is 13.2. The summed E-state index contributed by atoms with van der Waals surface area (Å²) in [6.45, 7) is 2.43. The van der Waals surface area contributed by atoms with Crippen molar-refractivity contribution >= 4 is 17.7 Å². The molecule has 1 heterocycles. The minimum Gasteiger partial charge on any atom is -0.351 e. The lowest BCUT2D eigenvalue weighted by molar-refractivity contribution is -0.120. The van der Waals surface area contributed by atoms with Crippen molar-refractivity contribution in [3.05, 3.63) is 72.1 Å². The summed E-state index contributed by atoms with van der Waals surface area (Å²) in [5.74, 6) is 1.47. The summed E-state index contributed by atoms with van der Waals surface area (Å²) < 4.78 is 1.93. The number of benzene rings is 2. The Bertz CT molecular complexity index is 906. The van der Waals surface area contributed by atoms with Crippen LogP contribution in [0.4, 0.5) is 0 Å². The van der Waals surface area contributed by atoms with Gasteiger partial charge in [-0.3, -0.25) is 4.79 Å². The monoisotopic (exact) mass is 378 g/mol. The van der Waals surface area contributed by atoms with Crippen molar-refractivity contribution in [1.29, 1.82) is 0 Å². The summed E-state index contributed by atoms with van der Waals surface area (Å²) in [5.41, 5.74) is 2.10. The molecule has 1 amide bonds. The van der Waals surface area contributed by atoms with Gasteiger partial charge in [0.05, 0.1) is 10.9 Å². The quantitative estimate of drug-likeness (QED) is 0.633. The largest absolute Gasteiger partial charge is 0.351 e. The van der Waals surface area contributed by atoms with Crippen LogP contribution in [-0.4, -0.2) is 25.9 Å². The number of nitrogens with zero attached hydrogens (tertiary/aromatic N) is 3. The third-order valence-corrected chi connectivity index (χ3v) is 5.47. The second-order valence-corrected chi connectivity index (χ2v) is 8.05. The normalized spacial score (nSPS) is 14.7. The topological polar surface area (TPSA) is 59.8 Å². The molecule has 0 aliphatic heterocycles.